The molecule has 0 aromatic rings. The van der Waals surface area contributed by atoms with Crippen LogP contribution in [-0.4, -0.2) is 21.3 Å². The van der Waals surface area contributed by atoms with E-state index in [1.54, 1.807) is 12.2 Å². The Morgan fingerprint density at radius 1 is 1.27 bits per heavy atom. The van der Waals surface area contributed by atoms with Gasteiger partial charge >= 0.3 is 0 Å². The molecule has 0 rings (SSSR count). The molecule has 0 bridgehead atoms. The van der Waals surface area contributed by atoms with Crippen LogP contribution in [0.1, 0.15) is 6.42 Å². The molecule has 3 nitrogen and oxygen atoms in total. The lowest BCUT2D eigenvalue weighted by Gasteiger charge is -1.90. The molecular weight excluding hydrogens is 212 g/mol. The zero-order valence-corrected chi connectivity index (χ0v) is 9.30. The fourth-order valence-corrected chi connectivity index (χ4v) is 0.783. The van der Waals surface area contributed by atoms with E-state index in [9.17, 15) is 8.42 Å². The molecule has 4 heteroatoms. The van der Waals surface area contributed by atoms with Gasteiger partial charge in [0, 0.05) is 6.42 Å². The minimum Gasteiger partial charge on any atom is -0.257 e. The standard InChI is InChI=1S/C11H12O3S/c1-3-4-5-6-7-8-9-10-11-14-15(2,12)13/h3,7-8H,1,4,11H2,2H3/b8-7-. The minimum absolute atomic E-state index is 0.136. The van der Waals surface area contributed by atoms with E-state index in [2.05, 4.69) is 34.4 Å². The molecule has 0 heterocycles. The normalized spacial score (nSPS) is 9.93. The second kappa shape index (κ2) is 7.87. The second-order valence-electron chi connectivity index (χ2n) is 2.43. The van der Waals surface area contributed by atoms with E-state index in [1.807, 2.05) is 0 Å². The van der Waals surface area contributed by atoms with E-state index in [1.165, 1.54) is 6.08 Å². The summed E-state index contributed by atoms with van der Waals surface area (Å²) >= 11 is 0. The first-order chi connectivity index (χ1) is 7.06. The molecule has 0 atom stereocenters. The topological polar surface area (TPSA) is 43.4 Å². The van der Waals surface area contributed by atoms with Crippen LogP contribution in [0.2, 0.25) is 0 Å². The summed E-state index contributed by atoms with van der Waals surface area (Å²) < 4.78 is 25.4. The summed E-state index contributed by atoms with van der Waals surface area (Å²) in [4.78, 5) is 0. The summed E-state index contributed by atoms with van der Waals surface area (Å²) in [5.74, 6) is 10.6. The molecule has 0 spiro atoms. The van der Waals surface area contributed by atoms with Crippen molar-refractivity contribution in [2.45, 2.75) is 6.42 Å². The monoisotopic (exact) mass is 224 g/mol. The van der Waals surface area contributed by atoms with Crippen molar-refractivity contribution in [3.05, 3.63) is 24.8 Å². The Kier molecular flexibility index (Phi) is 7.09. The van der Waals surface area contributed by atoms with Crippen LogP contribution in [0.25, 0.3) is 0 Å². The van der Waals surface area contributed by atoms with Crippen LogP contribution in [0, 0.1) is 23.7 Å². The average molecular weight is 224 g/mol. The Hall–Kier alpha value is -1.49. The van der Waals surface area contributed by atoms with Crippen LogP contribution in [-0.2, 0) is 14.3 Å². The molecule has 0 aliphatic rings. The number of rotatable bonds is 3. The molecule has 0 radical (unpaired) electrons. The fraction of sp³-hybridized carbons (Fsp3) is 0.273. The molecule has 15 heavy (non-hydrogen) atoms. The highest BCUT2D eigenvalue weighted by molar-refractivity contribution is 7.85. The van der Waals surface area contributed by atoms with Crippen molar-refractivity contribution in [2.75, 3.05) is 12.9 Å². The molecule has 0 saturated carbocycles. The molecule has 0 amide bonds. The maximum absolute atomic E-state index is 10.5. The maximum atomic E-state index is 10.5. The highest BCUT2D eigenvalue weighted by Gasteiger charge is 1.96. The molecule has 80 valence electrons. The summed E-state index contributed by atoms with van der Waals surface area (Å²) in [5.41, 5.74) is 0. The molecule has 0 unspecified atom stereocenters. The Bertz CT molecular complexity index is 436. The first kappa shape index (κ1) is 13.5. The molecular formula is C11H12O3S. The van der Waals surface area contributed by atoms with Gasteiger partial charge in [-0.2, -0.15) is 8.42 Å². The van der Waals surface area contributed by atoms with Gasteiger partial charge in [0.1, 0.15) is 6.61 Å². The summed E-state index contributed by atoms with van der Waals surface area (Å²) in [5, 5.41) is 0. The quantitative estimate of drug-likeness (QED) is 0.409. The van der Waals surface area contributed by atoms with E-state index < -0.39 is 10.1 Å². The molecule has 0 N–H and O–H groups in total. The lowest BCUT2D eigenvalue weighted by Crippen LogP contribution is -2.02. The molecule has 0 fully saturated rings. The van der Waals surface area contributed by atoms with Crippen LogP contribution in [0.5, 0.6) is 0 Å². The van der Waals surface area contributed by atoms with E-state index in [0.29, 0.717) is 6.42 Å². The van der Waals surface area contributed by atoms with Crippen LogP contribution >= 0.6 is 0 Å². The number of hydrogen-bond donors (Lipinski definition) is 0. The number of hydrogen-bond acceptors (Lipinski definition) is 3. The Balaban J connectivity index is 3.82. The van der Waals surface area contributed by atoms with Gasteiger partial charge < -0.3 is 0 Å². The Morgan fingerprint density at radius 2 is 1.87 bits per heavy atom. The van der Waals surface area contributed by atoms with Crippen molar-refractivity contribution in [3.8, 4) is 23.7 Å². The zero-order valence-electron chi connectivity index (χ0n) is 8.49. The first-order valence-corrected chi connectivity index (χ1v) is 5.95. The van der Waals surface area contributed by atoms with Crippen LogP contribution in [0.4, 0.5) is 0 Å². The smallest absolute Gasteiger partial charge is 0.257 e. The van der Waals surface area contributed by atoms with E-state index in [-0.39, 0.29) is 6.61 Å². The van der Waals surface area contributed by atoms with Crippen molar-refractivity contribution in [1.82, 2.24) is 0 Å². The third-order valence-corrected chi connectivity index (χ3v) is 1.59. The predicted molar refractivity (Wildman–Crippen MR) is 60.3 cm³/mol. The van der Waals surface area contributed by atoms with E-state index in [4.69, 9.17) is 0 Å². The van der Waals surface area contributed by atoms with Gasteiger partial charge in [0.25, 0.3) is 10.1 Å². The predicted octanol–water partition coefficient (Wildman–Crippen LogP) is 1.10. The Morgan fingerprint density at radius 3 is 2.40 bits per heavy atom. The van der Waals surface area contributed by atoms with Gasteiger partial charge in [-0.05, 0) is 12.2 Å². The Labute approximate surface area is 91.0 Å². The summed E-state index contributed by atoms with van der Waals surface area (Å²) in [6, 6.07) is 0. The second-order valence-corrected chi connectivity index (χ2v) is 4.08. The highest BCUT2D eigenvalue weighted by atomic mass is 32.2. The molecule has 0 aromatic carbocycles. The molecule has 0 aliphatic heterocycles. The van der Waals surface area contributed by atoms with Crippen molar-refractivity contribution in [1.29, 1.82) is 0 Å². The summed E-state index contributed by atoms with van der Waals surface area (Å²) in [6.45, 7) is 3.38. The molecule has 0 saturated heterocycles. The van der Waals surface area contributed by atoms with Crippen LogP contribution in [0.3, 0.4) is 0 Å². The molecule has 0 aromatic heterocycles. The van der Waals surface area contributed by atoms with Gasteiger partial charge in [-0.15, -0.1) is 6.58 Å². The van der Waals surface area contributed by atoms with Gasteiger partial charge in [0.2, 0.25) is 0 Å². The van der Waals surface area contributed by atoms with Gasteiger partial charge in [-0.25, -0.2) is 0 Å². The van der Waals surface area contributed by atoms with Crippen molar-refractivity contribution in [3.63, 3.8) is 0 Å². The molecule has 0 aliphatic carbocycles. The third kappa shape index (κ3) is 12.5. The summed E-state index contributed by atoms with van der Waals surface area (Å²) in [7, 11) is -3.39. The average Bonchev–Trinajstić information content (AvgIpc) is 2.14. The highest BCUT2D eigenvalue weighted by Crippen LogP contribution is 1.83. The lowest BCUT2D eigenvalue weighted by molar-refractivity contribution is 0.368. The largest absolute Gasteiger partial charge is 0.265 e. The van der Waals surface area contributed by atoms with Gasteiger partial charge in [-0.3, -0.25) is 4.18 Å². The van der Waals surface area contributed by atoms with Gasteiger partial charge in [0.15, 0.2) is 0 Å². The van der Waals surface area contributed by atoms with Crippen molar-refractivity contribution in [2.24, 2.45) is 0 Å². The van der Waals surface area contributed by atoms with Crippen LogP contribution in [0.15, 0.2) is 24.8 Å². The maximum Gasteiger partial charge on any atom is 0.265 e. The third-order valence-electron chi connectivity index (χ3n) is 1.05. The lowest BCUT2D eigenvalue weighted by atomic mass is 10.4. The SMILES string of the molecule is C=CCC#C/C=C\C#CCOS(C)(=O)=O. The van der Waals surface area contributed by atoms with Crippen LogP contribution < -0.4 is 0 Å². The van der Waals surface area contributed by atoms with Crippen molar-refractivity contribution >= 4 is 10.1 Å². The van der Waals surface area contributed by atoms with Gasteiger partial charge in [0.05, 0.1) is 6.26 Å². The van der Waals surface area contributed by atoms with E-state index in [0.717, 1.165) is 6.26 Å². The first-order valence-electron chi connectivity index (χ1n) is 4.13. The van der Waals surface area contributed by atoms with Gasteiger partial charge in [-0.1, -0.05) is 29.8 Å². The number of allylic oxidation sites excluding steroid dienone is 3. The van der Waals surface area contributed by atoms with Crippen molar-refractivity contribution < 1.29 is 12.6 Å². The minimum atomic E-state index is -3.39. The summed E-state index contributed by atoms with van der Waals surface area (Å²) in [6.07, 6.45) is 6.42. The van der Waals surface area contributed by atoms with E-state index >= 15 is 0 Å². The fourth-order valence-electron chi connectivity index (χ4n) is 0.510. The zero-order chi connectivity index (χ0) is 11.6.